The third kappa shape index (κ3) is 21.7. The Morgan fingerprint density at radius 3 is 1.97 bits per heavy atom. The predicted octanol–water partition coefficient (Wildman–Crippen LogP) is 2.25. The third-order valence-electron chi connectivity index (χ3n) is 12.5. The van der Waals surface area contributed by atoms with Crippen molar-refractivity contribution < 1.29 is 63.0 Å². The zero-order valence-electron chi connectivity index (χ0n) is 40.5. The van der Waals surface area contributed by atoms with E-state index in [1.54, 1.807) is 0 Å². The number of nitrogens with two attached hydrogens (primary N) is 1. The number of aliphatic carboxylic acids is 1. The van der Waals surface area contributed by atoms with Crippen LogP contribution >= 0.6 is 0 Å². The summed E-state index contributed by atoms with van der Waals surface area (Å²) in [6.07, 6.45) is 2.07. The number of carboxylic acids is 1. The Balaban J connectivity index is 1.98. The largest absolute Gasteiger partial charge is 0.481 e. The van der Waals surface area contributed by atoms with Crippen molar-refractivity contribution in [3.05, 3.63) is 0 Å². The Bertz CT molecular complexity index is 1750. The molecule has 0 spiro atoms. The van der Waals surface area contributed by atoms with Crippen LogP contribution in [0.25, 0.3) is 0 Å². The van der Waals surface area contributed by atoms with Gasteiger partial charge >= 0.3 is 5.97 Å². The molecule has 2 fully saturated rings. The van der Waals surface area contributed by atoms with E-state index in [9.17, 15) is 63.0 Å². The van der Waals surface area contributed by atoms with Crippen LogP contribution in [0.1, 0.15) is 157 Å². The molecule has 2 heterocycles. The number of Topliss-reactive ketones (excluding diaryl/α,β-unsaturated/α-hetero) is 5. The summed E-state index contributed by atoms with van der Waals surface area (Å²) in [6.45, 7) is 11.0. The van der Waals surface area contributed by atoms with Gasteiger partial charge in [0.05, 0.1) is 42.7 Å². The predicted molar refractivity (Wildman–Crippen MR) is 247 cm³/mol. The quantitative estimate of drug-likeness (QED) is 0.0456. The van der Waals surface area contributed by atoms with Gasteiger partial charge in [0.25, 0.3) is 0 Å². The normalized spacial score (nSPS) is 19.2. The van der Waals surface area contributed by atoms with Crippen LogP contribution < -0.4 is 27.0 Å². The van der Waals surface area contributed by atoms with Crippen LogP contribution in [0, 0.1) is 29.6 Å². The highest BCUT2D eigenvalue weighted by atomic mass is 16.4. The van der Waals surface area contributed by atoms with E-state index in [0.717, 1.165) is 12.8 Å². The maximum absolute atomic E-state index is 13.6. The van der Waals surface area contributed by atoms with Gasteiger partial charge in [-0.25, -0.2) is 0 Å². The van der Waals surface area contributed by atoms with Crippen molar-refractivity contribution in [1.82, 2.24) is 26.2 Å². The molecule has 8 N–H and O–H groups in total. The standard InChI is InChI=1S/C48H78N6O13/c1-7-8-9-11-31(48(66)67)23-42(60)38-12-10-19-54(38)45(63)18-15-39(57)30(6)52-47(65)32(20-28(2)3)22-34(55)27-51-46(64)33(21-29(4)5)24-41(59)36(13-16-43(49)61)53-44(62)17-14-40(58)37-25-35(56)26-50-37/h28-33,35-38,50,56H,7-27H2,1-6H3,(H2,49,61)(H,51,64)(H,52,65)(H,53,62)(H,66,67)/t30-,31+,32+,33+,35-,36-,37-,38-/m1/s1. The van der Waals surface area contributed by atoms with Gasteiger partial charge in [0.1, 0.15) is 5.78 Å². The van der Waals surface area contributed by atoms with Crippen molar-refractivity contribution in [2.75, 3.05) is 19.6 Å². The van der Waals surface area contributed by atoms with Gasteiger partial charge in [-0.05, 0) is 63.7 Å². The summed E-state index contributed by atoms with van der Waals surface area (Å²) in [4.78, 5) is 144. The molecule has 8 atom stereocenters. The summed E-state index contributed by atoms with van der Waals surface area (Å²) in [5.74, 6) is -8.56. The minimum atomic E-state index is -1.17. The first-order valence-electron chi connectivity index (χ1n) is 24.2. The molecule has 0 aromatic carbocycles. The number of ketones is 5. The number of amides is 5. The van der Waals surface area contributed by atoms with Gasteiger partial charge < -0.3 is 42.1 Å². The second-order valence-electron chi connectivity index (χ2n) is 19.4. The summed E-state index contributed by atoms with van der Waals surface area (Å²) in [7, 11) is 0. The molecule has 0 unspecified atom stereocenters. The first-order valence-corrected chi connectivity index (χ1v) is 24.2. The lowest BCUT2D eigenvalue weighted by Crippen LogP contribution is -2.45. The molecule has 67 heavy (non-hydrogen) atoms. The summed E-state index contributed by atoms with van der Waals surface area (Å²) in [5, 5.41) is 30.1. The van der Waals surface area contributed by atoms with Crippen molar-refractivity contribution in [2.45, 2.75) is 187 Å². The molecule has 0 aromatic heterocycles. The molecule has 19 heteroatoms. The molecule has 0 aromatic rings. The van der Waals surface area contributed by atoms with Gasteiger partial charge in [-0.3, -0.25) is 52.7 Å². The first kappa shape index (κ1) is 58.2. The number of likely N-dealkylation sites (tertiary alicyclic amines) is 1. The number of unbranched alkanes of at least 4 members (excludes halogenated alkanes) is 2. The highest BCUT2D eigenvalue weighted by Crippen LogP contribution is 2.25. The number of hydrogen-bond donors (Lipinski definition) is 7. The van der Waals surface area contributed by atoms with Crippen LogP contribution in [0.4, 0.5) is 0 Å². The molecule has 0 aliphatic carbocycles. The van der Waals surface area contributed by atoms with E-state index in [1.165, 1.54) is 11.8 Å². The van der Waals surface area contributed by atoms with E-state index in [2.05, 4.69) is 21.3 Å². The maximum Gasteiger partial charge on any atom is 0.306 e. The van der Waals surface area contributed by atoms with E-state index in [0.29, 0.717) is 32.2 Å². The molecular weight excluding hydrogens is 869 g/mol. The Morgan fingerprint density at radius 1 is 0.731 bits per heavy atom. The number of primary amides is 1. The van der Waals surface area contributed by atoms with Crippen molar-refractivity contribution in [3.8, 4) is 0 Å². The smallest absolute Gasteiger partial charge is 0.306 e. The van der Waals surface area contributed by atoms with Crippen molar-refractivity contribution in [1.29, 1.82) is 0 Å². The number of nitrogens with one attached hydrogen (secondary N) is 4. The van der Waals surface area contributed by atoms with Crippen molar-refractivity contribution in [2.24, 2.45) is 35.3 Å². The number of carboxylic acid groups (broad SMARTS) is 1. The fraction of sp³-hybridized carbons (Fsp3) is 0.771. The first-order chi connectivity index (χ1) is 31.5. The van der Waals surface area contributed by atoms with Gasteiger partial charge in [0.2, 0.25) is 29.5 Å². The number of β-amino-alcohol motifs (C(OH)–C–C–N with tert-alkyl or cyclic N) is 1. The second-order valence-corrected chi connectivity index (χ2v) is 19.4. The van der Waals surface area contributed by atoms with Crippen LogP contribution in [0.2, 0.25) is 0 Å². The maximum atomic E-state index is 13.6. The molecule has 19 nitrogen and oxygen atoms in total. The second kappa shape index (κ2) is 29.8. The number of aliphatic hydroxyl groups excluding tert-OH is 1. The van der Waals surface area contributed by atoms with Crippen LogP contribution in [0.3, 0.4) is 0 Å². The zero-order chi connectivity index (χ0) is 50.4. The fourth-order valence-corrected chi connectivity index (χ4v) is 8.74. The molecule has 2 aliphatic rings. The van der Waals surface area contributed by atoms with Gasteiger partial charge in [0.15, 0.2) is 23.1 Å². The van der Waals surface area contributed by atoms with E-state index in [1.807, 2.05) is 34.6 Å². The lowest BCUT2D eigenvalue weighted by Gasteiger charge is -2.25. The number of nitrogens with zero attached hydrogens (tertiary/aromatic N) is 1. The molecule has 0 radical (unpaired) electrons. The van der Waals surface area contributed by atoms with E-state index < -0.39 is 107 Å². The highest BCUT2D eigenvalue weighted by Gasteiger charge is 2.37. The van der Waals surface area contributed by atoms with Crippen LogP contribution in [-0.2, 0) is 52.7 Å². The summed E-state index contributed by atoms with van der Waals surface area (Å²) < 4.78 is 0. The molecule has 0 saturated carbocycles. The van der Waals surface area contributed by atoms with Gasteiger partial charge in [-0.2, -0.15) is 0 Å². The van der Waals surface area contributed by atoms with Gasteiger partial charge in [-0.15, -0.1) is 0 Å². The molecule has 2 rings (SSSR count). The number of rotatable bonds is 34. The number of carbonyl (C=O) groups excluding carboxylic acids is 10. The van der Waals surface area contributed by atoms with E-state index in [4.69, 9.17) is 5.73 Å². The summed E-state index contributed by atoms with van der Waals surface area (Å²) in [5.41, 5.74) is 5.33. The number of aliphatic hydroxyl groups is 1. The van der Waals surface area contributed by atoms with Crippen LogP contribution in [-0.4, -0.2) is 129 Å². The Kier molecular flexibility index (Phi) is 25.9. The monoisotopic (exact) mass is 947 g/mol. The van der Waals surface area contributed by atoms with Crippen LogP contribution in [0.15, 0.2) is 0 Å². The molecule has 2 saturated heterocycles. The Labute approximate surface area is 395 Å². The lowest BCUT2D eigenvalue weighted by molar-refractivity contribution is -0.145. The summed E-state index contributed by atoms with van der Waals surface area (Å²) >= 11 is 0. The average Bonchev–Trinajstić information content (AvgIpc) is 3.93. The minimum absolute atomic E-state index is 0.0248. The third-order valence-corrected chi connectivity index (χ3v) is 12.5. The van der Waals surface area contributed by atoms with Gasteiger partial charge in [-0.1, -0.05) is 53.9 Å². The average molecular weight is 947 g/mol. The van der Waals surface area contributed by atoms with Gasteiger partial charge in [0, 0.05) is 76.3 Å². The van der Waals surface area contributed by atoms with Crippen molar-refractivity contribution in [3.63, 3.8) is 0 Å². The Morgan fingerprint density at radius 2 is 1.39 bits per heavy atom. The zero-order valence-corrected chi connectivity index (χ0v) is 40.5. The van der Waals surface area contributed by atoms with E-state index in [-0.39, 0.29) is 107 Å². The van der Waals surface area contributed by atoms with Crippen molar-refractivity contribution >= 4 is 64.4 Å². The Hall–Kier alpha value is -4.91. The summed E-state index contributed by atoms with van der Waals surface area (Å²) in [6, 6.07) is -3.49. The molecule has 0 bridgehead atoms. The fourth-order valence-electron chi connectivity index (χ4n) is 8.74. The SMILES string of the molecule is CCCCC[C@@H](CC(=O)[C@H]1CCCN1C(=O)CCC(=O)[C@@H](C)NC(=O)[C@H](CC(=O)CNC(=O)[C@H](CC(=O)[C@@H](CCC(N)=O)NC(=O)CCC(=O)[C@H]1C[C@@H](O)CN1)CC(C)C)CC(C)C)C(=O)O. The molecule has 5 amide bonds. The van der Waals surface area contributed by atoms with Crippen LogP contribution in [0.5, 0.6) is 0 Å². The molecule has 378 valence electrons. The minimum Gasteiger partial charge on any atom is -0.481 e. The van der Waals surface area contributed by atoms with E-state index >= 15 is 0 Å². The lowest BCUT2D eigenvalue weighted by atomic mass is 9.88. The highest BCUT2D eigenvalue weighted by molar-refractivity contribution is 5.97. The topological polar surface area (TPSA) is 306 Å². The molecular formula is C48H78N6O13. The number of carbonyl (C=O) groups is 11. The molecule has 2 aliphatic heterocycles. The number of hydrogen-bond acceptors (Lipinski definition) is 13.